The SMILES string of the molecule is COC(=O)c1cc(S(C)(=O)=O)c(-n2ccc(=O)cc2)cc1C(F)F. The topological polar surface area (TPSA) is 82.4 Å². The number of benzene rings is 1. The molecule has 0 spiro atoms. The lowest BCUT2D eigenvalue weighted by Gasteiger charge is -2.16. The molecule has 0 N–H and O–H groups in total. The predicted molar refractivity (Wildman–Crippen MR) is 81.4 cm³/mol. The maximum absolute atomic E-state index is 13.3. The van der Waals surface area contributed by atoms with E-state index in [1.54, 1.807) is 0 Å². The molecular formula is C15H13F2NO5S. The number of esters is 1. The highest BCUT2D eigenvalue weighted by Gasteiger charge is 2.25. The van der Waals surface area contributed by atoms with Crippen LogP contribution in [0.3, 0.4) is 0 Å². The highest BCUT2D eigenvalue weighted by Crippen LogP contribution is 2.31. The number of pyridine rings is 1. The van der Waals surface area contributed by atoms with E-state index in [-0.39, 0.29) is 16.0 Å². The molecule has 0 bridgehead atoms. The monoisotopic (exact) mass is 357 g/mol. The quantitative estimate of drug-likeness (QED) is 0.782. The number of carbonyl (C=O) groups excluding carboxylic acids is 1. The van der Waals surface area contributed by atoms with Crippen LogP contribution in [0, 0.1) is 0 Å². The van der Waals surface area contributed by atoms with Crippen molar-refractivity contribution in [3.8, 4) is 5.69 Å². The maximum atomic E-state index is 13.3. The normalized spacial score (nSPS) is 11.5. The molecule has 128 valence electrons. The van der Waals surface area contributed by atoms with Gasteiger partial charge in [-0.25, -0.2) is 22.0 Å². The molecule has 1 heterocycles. The number of methoxy groups -OCH3 is 1. The van der Waals surface area contributed by atoms with Gasteiger partial charge in [0.15, 0.2) is 15.3 Å². The average Bonchev–Trinajstić information content (AvgIpc) is 2.52. The first-order valence-electron chi connectivity index (χ1n) is 6.58. The van der Waals surface area contributed by atoms with Crippen LogP contribution in [0.4, 0.5) is 8.78 Å². The molecule has 0 fully saturated rings. The van der Waals surface area contributed by atoms with Gasteiger partial charge in [-0.2, -0.15) is 0 Å². The van der Waals surface area contributed by atoms with Gasteiger partial charge in [-0.05, 0) is 12.1 Å². The molecule has 9 heteroatoms. The van der Waals surface area contributed by atoms with Gasteiger partial charge in [-0.1, -0.05) is 0 Å². The molecule has 0 atom stereocenters. The van der Waals surface area contributed by atoms with Gasteiger partial charge in [0.2, 0.25) is 0 Å². The van der Waals surface area contributed by atoms with Crippen LogP contribution in [0.2, 0.25) is 0 Å². The fourth-order valence-corrected chi connectivity index (χ4v) is 3.00. The van der Waals surface area contributed by atoms with Crippen molar-refractivity contribution in [2.75, 3.05) is 13.4 Å². The Morgan fingerprint density at radius 2 is 1.79 bits per heavy atom. The van der Waals surface area contributed by atoms with Crippen molar-refractivity contribution >= 4 is 15.8 Å². The van der Waals surface area contributed by atoms with E-state index in [0.717, 1.165) is 37.6 Å². The second-order valence-corrected chi connectivity index (χ2v) is 6.90. The maximum Gasteiger partial charge on any atom is 0.338 e. The summed E-state index contributed by atoms with van der Waals surface area (Å²) in [7, 11) is -2.84. The molecule has 2 rings (SSSR count). The first-order chi connectivity index (χ1) is 11.1. The lowest BCUT2D eigenvalue weighted by atomic mass is 10.1. The van der Waals surface area contributed by atoms with Crippen LogP contribution in [0.1, 0.15) is 22.3 Å². The Hall–Kier alpha value is -2.55. The number of aromatic nitrogens is 1. The smallest absolute Gasteiger partial charge is 0.338 e. The van der Waals surface area contributed by atoms with Gasteiger partial charge in [0.1, 0.15) is 0 Å². The molecule has 24 heavy (non-hydrogen) atoms. The summed E-state index contributed by atoms with van der Waals surface area (Å²) in [5.41, 5.74) is -1.62. The third kappa shape index (κ3) is 3.51. The summed E-state index contributed by atoms with van der Waals surface area (Å²) in [5.74, 6) is -1.07. The van der Waals surface area contributed by atoms with Crippen molar-refractivity contribution in [2.24, 2.45) is 0 Å². The second kappa shape index (κ2) is 6.52. The number of rotatable bonds is 4. The van der Waals surface area contributed by atoms with Crippen LogP contribution in [-0.4, -0.2) is 32.3 Å². The van der Waals surface area contributed by atoms with Gasteiger partial charge in [-0.3, -0.25) is 4.79 Å². The van der Waals surface area contributed by atoms with E-state index in [9.17, 15) is 26.8 Å². The standard InChI is InChI=1S/C15H13F2NO5S/c1-23-15(20)11-8-13(24(2,21)22)12(7-10(11)14(16)17)18-5-3-9(19)4-6-18/h3-8,14H,1-2H3. The molecule has 2 aromatic rings. The van der Waals surface area contributed by atoms with Crippen molar-refractivity contribution in [1.29, 1.82) is 0 Å². The number of ether oxygens (including phenoxy) is 1. The minimum absolute atomic E-state index is 0.0968. The van der Waals surface area contributed by atoms with E-state index in [2.05, 4.69) is 4.74 Å². The Labute approximate surface area is 136 Å². The number of hydrogen-bond donors (Lipinski definition) is 0. The van der Waals surface area contributed by atoms with E-state index in [0.29, 0.717) is 0 Å². The lowest BCUT2D eigenvalue weighted by Crippen LogP contribution is -2.13. The first kappa shape index (κ1) is 17.8. The third-order valence-corrected chi connectivity index (χ3v) is 4.37. The number of halogens is 2. The summed E-state index contributed by atoms with van der Waals surface area (Å²) in [6.45, 7) is 0. The van der Waals surface area contributed by atoms with E-state index in [1.807, 2.05) is 0 Å². The minimum atomic E-state index is -3.85. The molecule has 0 amide bonds. The highest BCUT2D eigenvalue weighted by molar-refractivity contribution is 7.90. The molecule has 1 aromatic carbocycles. The molecule has 0 saturated heterocycles. The van der Waals surface area contributed by atoms with E-state index >= 15 is 0 Å². The van der Waals surface area contributed by atoms with Crippen molar-refractivity contribution in [1.82, 2.24) is 4.57 Å². The van der Waals surface area contributed by atoms with Crippen molar-refractivity contribution < 1.29 is 26.7 Å². The van der Waals surface area contributed by atoms with Gasteiger partial charge in [-0.15, -0.1) is 0 Å². The summed E-state index contributed by atoms with van der Waals surface area (Å²) in [4.78, 5) is 22.6. The fraction of sp³-hybridized carbons (Fsp3) is 0.200. The van der Waals surface area contributed by atoms with Crippen LogP contribution in [0.15, 0.2) is 46.3 Å². The van der Waals surface area contributed by atoms with E-state index in [1.165, 1.54) is 17.0 Å². The third-order valence-electron chi connectivity index (χ3n) is 3.25. The van der Waals surface area contributed by atoms with Crippen LogP contribution in [-0.2, 0) is 14.6 Å². The molecular weight excluding hydrogens is 344 g/mol. The average molecular weight is 357 g/mol. The Balaban J connectivity index is 2.87. The minimum Gasteiger partial charge on any atom is -0.465 e. The summed E-state index contributed by atoms with van der Waals surface area (Å²) in [6.07, 6.45) is 0.363. The summed E-state index contributed by atoms with van der Waals surface area (Å²) >= 11 is 0. The van der Waals surface area contributed by atoms with Crippen LogP contribution < -0.4 is 5.43 Å². The van der Waals surface area contributed by atoms with Crippen molar-refractivity contribution in [2.45, 2.75) is 11.3 Å². The van der Waals surface area contributed by atoms with Gasteiger partial charge in [0.05, 0.1) is 23.3 Å². The largest absolute Gasteiger partial charge is 0.465 e. The predicted octanol–water partition coefficient (Wildman–Crippen LogP) is 1.97. The zero-order chi connectivity index (χ0) is 18.1. The highest BCUT2D eigenvalue weighted by atomic mass is 32.2. The number of nitrogens with zero attached hydrogens (tertiary/aromatic N) is 1. The number of alkyl halides is 2. The molecule has 0 aliphatic rings. The Kier molecular flexibility index (Phi) is 4.83. The number of carbonyl (C=O) groups is 1. The van der Waals surface area contributed by atoms with Gasteiger partial charge in [0.25, 0.3) is 6.43 Å². The van der Waals surface area contributed by atoms with E-state index < -0.39 is 33.4 Å². The second-order valence-electron chi connectivity index (χ2n) is 4.91. The van der Waals surface area contributed by atoms with Gasteiger partial charge >= 0.3 is 5.97 Å². The van der Waals surface area contributed by atoms with Gasteiger partial charge < -0.3 is 9.30 Å². The molecule has 6 nitrogen and oxygen atoms in total. The van der Waals surface area contributed by atoms with Crippen LogP contribution >= 0.6 is 0 Å². The van der Waals surface area contributed by atoms with Crippen LogP contribution in [0.5, 0.6) is 0 Å². The van der Waals surface area contributed by atoms with Crippen molar-refractivity contribution in [3.05, 3.63) is 58.0 Å². The Morgan fingerprint density at radius 1 is 1.21 bits per heavy atom. The fourth-order valence-electron chi connectivity index (χ4n) is 2.12. The lowest BCUT2D eigenvalue weighted by molar-refractivity contribution is 0.0589. The Bertz CT molecular complexity index is 930. The molecule has 0 aliphatic heterocycles. The summed E-state index contributed by atoms with van der Waals surface area (Å²) < 4.78 is 56.3. The summed E-state index contributed by atoms with van der Waals surface area (Å²) in [5, 5.41) is 0. The molecule has 0 radical (unpaired) electrons. The van der Waals surface area contributed by atoms with Crippen molar-refractivity contribution in [3.63, 3.8) is 0 Å². The number of hydrogen-bond acceptors (Lipinski definition) is 5. The summed E-state index contributed by atoms with van der Waals surface area (Å²) in [6, 6.07) is 4.07. The molecule has 1 aromatic heterocycles. The molecule has 0 unspecified atom stereocenters. The zero-order valence-corrected chi connectivity index (χ0v) is 13.5. The van der Waals surface area contributed by atoms with E-state index in [4.69, 9.17) is 0 Å². The number of sulfone groups is 1. The molecule has 0 aliphatic carbocycles. The molecule has 0 saturated carbocycles. The first-order valence-corrected chi connectivity index (χ1v) is 8.47. The van der Waals surface area contributed by atoms with Crippen LogP contribution in [0.25, 0.3) is 5.69 Å². The zero-order valence-electron chi connectivity index (χ0n) is 12.7. The van der Waals surface area contributed by atoms with Gasteiger partial charge in [0, 0.05) is 36.3 Å². The Morgan fingerprint density at radius 3 is 2.25 bits per heavy atom.